The summed E-state index contributed by atoms with van der Waals surface area (Å²) in [5, 5.41) is 29.1. The Labute approximate surface area is 115 Å². The Bertz CT molecular complexity index is 962. The van der Waals surface area contributed by atoms with Crippen molar-refractivity contribution < 1.29 is 9.52 Å². The smallest absolute Gasteiger partial charge is 0.223 e. The van der Waals surface area contributed by atoms with E-state index in [9.17, 15) is 5.11 Å². The fraction of sp³-hybridized carbons (Fsp3) is 0.125. The van der Waals surface area contributed by atoms with E-state index in [2.05, 4.69) is 0 Å². The molecule has 3 rings (SSSR count). The Hall–Kier alpha value is -2.80. The topological polar surface area (TPSA) is 81.0 Å². The number of nitriles is 1. The number of nitrogens with one attached hydrogen (secondary N) is 1. The molecular formula is C16H12N2O2. The first-order valence-electron chi connectivity index (χ1n) is 6.17. The zero-order valence-electron chi connectivity index (χ0n) is 11.1. The van der Waals surface area contributed by atoms with Gasteiger partial charge in [0.1, 0.15) is 17.4 Å². The van der Waals surface area contributed by atoms with Gasteiger partial charge in [-0.15, -0.1) is 0 Å². The second kappa shape index (κ2) is 4.10. The number of phenols is 1. The summed E-state index contributed by atoms with van der Waals surface area (Å²) in [6, 6.07) is 9.46. The number of nitrogens with zero attached hydrogens (tertiary/aromatic N) is 1. The van der Waals surface area contributed by atoms with E-state index in [1.807, 2.05) is 37.3 Å². The third kappa shape index (κ3) is 1.57. The van der Waals surface area contributed by atoms with Gasteiger partial charge in [-0.05, 0) is 37.6 Å². The first-order valence-corrected chi connectivity index (χ1v) is 6.17. The van der Waals surface area contributed by atoms with Gasteiger partial charge in [-0.2, -0.15) is 5.26 Å². The van der Waals surface area contributed by atoms with Gasteiger partial charge in [-0.1, -0.05) is 11.6 Å². The number of aromatic hydroxyl groups is 1. The van der Waals surface area contributed by atoms with E-state index in [0.717, 1.165) is 16.3 Å². The SMILES string of the molecule is Cc1ccc2oc(=N)c3c(O)c(C#N)c(C)cc3c2c1. The van der Waals surface area contributed by atoms with Crippen molar-refractivity contribution >= 4 is 21.7 Å². The highest BCUT2D eigenvalue weighted by atomic mass is 16.3. The number of rotatable bonds is 0. The second-order valence-corrected chi connectivity index (χ2v) is 4.88. The lowest BCUT2D eigenvalue weighted by molar-refractivity contribution is 0.473. The predicted molar refractivity (Wildman–Crippen MR) is 75.4 cm³/mol. The summed E-state index contributed by atoms with van der Waals surface area (Å²) in [5.41, 5.74) is 2.40. The van der Waals surface area contributed by atoms with Gasteiger partial charge in [0.05, 0.1) is 10.9 Å². The Balaban J connectivity index is 2.67. The van der Waals surface area contributed by atoms with E-state index in [4.69, 9.17) is 15.1 Å². The molecule has 2 N–H and O–H groups in total. The van der Waals surface area contributed by atoms with Crippen LogP contribution in [0.3, 0.4) is 0 Å². The highest BCUT2D eigenvalue weighted by Gasteiger charge is 2.15. The van der Waals surface area contributed by atoms with Crippen molar-refractivity contribution in [2.45, 2.75) is 13.8 Å². The minimum atomic E-state index is -0.181. The molecule has 0 aliphatic carbocycles. The van der Waals surface area contributed by atoms with E-state index in [1.165, 1.54) is 0 Å². The van der Waals surface area contributed by atoms with Crippen molar-refractivity contribution in [3.05, 3.63) is 46.5 Å². The van der Waals surface area contributed by atoms with Crippen molar-refractivity contribution in [1.29, 1.82) is 10.7 Å². The summed E-state index contributed by atoms with van der Waals surface area (Å²) in [5.74, 6) is -0.181. The molecule has 0 spiro atoms. The van der Waals surface area contributed by atoms with Crippen molar-refractivity contribution in [1.82, 2.24) is 0 Å². The predicted octanol–water partition coefficient (Wildman–Crippen LogP) is 3.26. The van der Waals surface area contributed by atoms with Crippen LogP contribution in [-0.2, 0) is 0 Å². The Morgan fingerprint density at radius 3 is 2.65 bits per heavy atom. The van der Waals surface area contributed by atoms with Crippen LogP contribution in [0.2, 0.25) is 0 Å². The summed E-state index contributed by atoms with van der Waals surface area (Å²) in [7, 11) is 0. The van der Waals surface area contributed by atoms with Gasteiger partial charge < -0.3 is 9.52 Å². The number of aryl methyl sites for hydroxylation is 2. The maximum Gasteiger partial charge on any atom is 0.223 e. The molecule has 98 valence electrons. The molecule has 0 saturated carbocycles. The van der Waals surface area contributed by atoms with Crippen LogP contribution in [0.1, 0.15) is 16.7 Å². The summed E-state index contributed by atoms with van der Waals surface area (Å²) in [6.45, 7) is 3.74. The molecule has 2 aromatic carbocycles. The van der Waals surface area contributed by atoms with Crippen LogP contribution >= 0.6 is 0 Å². The van der Waals surface area contributed by atoms with Gasteiger partial charge in [0.25, 0.3) is 0 Å². The van der Waals surface area contributed by atoms with Crippen molar-refractivity contribution in [2.24, 2.45) is 0 Å². The standard InChI is InChI=1S/C16H12N2O2/c1-8-3-4-13-10(5-8)11-6-9(2)12(7-17)15(19)14(11)16(18)20-13/h3-6,18-19H,1-2H3. The average molecular weight is 264 g/mol. The largest absolute Gasteiger partial charge is 0.506 e. The van der Waals surface area contributed by atoms with E-state index in [-0.39, 0.29) is 22.3 Å². The minimum Gasteiger partial charge on any atom is -0.506 e. The molecule has 0 radical (unpaired) electrons. The van der Waals surface area contributed by atoms with Gasteiger partial charge in [0.15, 0.2) is 0 Å². The van der Waals surface area contributed by atoms with Gasteiger partial charge in [-0.3, -0.25) is 5.41 Å². The minimum absolute atomic E-state index is 0.134. The van der Waals surface area contributed by atoms with Gasteiger partial charge >= 0.3 is 0 Å². The van der Waals surface area contributed by atoms with Crippen molar-refractivity contribution in [2.75, 3.05) is 0 Å². The van der Waals surface area contributed by atoms with E-state index in [0.29, 0.717) is 11.1 Å². The molecule has 4 nitrogen and oxygen atoms in total. The number of phenolic OH excluding ortho intramolecular Hbond substituents is 1. The van der Waals surface area contributed by atoms with Crippen LogP contribution in [0, 0.1) is 30.6 Å². The second-order valence-electron chi connectivity index (χ2n) is 4.88. The van der Waals surface area contributed by atoms with E-state index >= 15 is 0 Å². The average Bonchev–Trinajstić information content (AvgIpc) is 2.39. The zero-order valence-corrected chi connectivity index (χ0v) is 11.1. The summed E-state index contributed by atoms with van der Waals surface area (Å²) in [4.78, 5) is 0. The molecule has 0 fully saturated rings. The molecular weight excluding hydrogens is 252 g/mol. The molecule has 0 saturated heterocycles. The van der Waals surface area contributed by atoms with Crippen LogP contribution in [0.4, 0.5) is 0 Å². The number of hydrogen-bond acceptors (Lipinski definition) is 4. The molecule has 1 heterocycles. The van der Waals surface area contributed by atoms with Crippen LogP contribution in [0.25, 0.3) is 21.7 Å². The van der Waals surface area contributed by atoms with Crippen LogP contribution in [0.5, 0.6) is 5.75 Å². The van der Waals surface area contributed by atoms with Crippen LogP contribution in [0.15, 0.2) is 28.7 Å². The van der Waals surface area contributed by atoms with Crippen LogP contribution in [-0.4, -0.2) is 5.11 Å². The highest BCUT2D eigenvalue weighted by Crippen LogP contribution is 2.33. The zero-order chi connectivity index (χ0) is 14.4. The molecule has 3 aromatic rings. The monoisotopic (exact) mass is 264 g/mol. The fourth-order valence-electron chi connectivity index (χ4n) is 2.49. The lowest BCUT2D eigenvalue weighted by Gasteiger charge is -2.09. The highest BCUT2D eigenvalue weighted by molar-refractivity contribution is 6.07. The summed E-state index contributed by atoms with van der Waals surface area (Å²) >= 11 is 0. The van der Waals surface area contributed by atoms with Crippen LogP contribution < -0.4 is 5.55 Å². The molecule has 1 aromatic heterocycles. The molecule has 0 aliphatic heterocycles. The van der Waals surface area contributed by atoms with Gasteiger partial charge in [-0.25, -0.2) is 0 Å². The first kappa shape index (κ1) is 12.2. The molecule has 20 heavy (non-hydrogen) atoms. The first-order chi connectivity index (χ1) is 9.52. The molecule has 4 heteroatoms. The molecule has 0 bridgehead atoms. The Morgan fingerprint density at radius 1 is 1.20 bits per heavy atom. The van der Waals surface area contributed by atoms with E-state index < -0.39 is 0 Å². The number of hydrogen-bond donors (Lipinski definition) is 2. The molecule has 0 unspecified atom stereocenters. The molecule has 0 amide bonds. The normalized spacial score (nSPS) is 10.8. The number of fused-ring (bicyclic) bond motifs is 3. The third-order valence-corrected chi connectivity index (χ3v) is 3.47. The van der Waals surface area contributed by atoms with Gasteiger partial charge in [0.2, 0.25) is 5.55 Å². The quantitative estimate of drug-likeness (QED) is 0.611. The van der Waals surface area contributed by atoms with E-state index in [1.54, 1.807) is 6.92 Å². The maximum absolute atomic E-state index is 10.2. The maximum atomic E-state index is 10.2. The third-order valence-electron chi connectivity index (χ3n) is 3.47. The van der Waals surface area contributed by atoms with Gasteiger partial charge in [0, 0.05) is 10.8 Å². The lowest BCUT2D eigenvalue weighted by atomic mass is 9.99. The molecule has 0 aliphatic rings. The fourth-order valence-corrected chi connectivity index (χ4v) is 2.49. The summed E-state index contributed by atoms with van der Waals surface area (Å²) in [6.07, 6.45) is 0. The Kier molecular flexibility index (Phi) is 2.51. The number of benzene rings is 2. The summed E-state index contributed by atoms with van der Waals surface area (Å²) < 4.78 is 5.45. The van der Waals surface area contributed by atoms with Crippen molar-refractivity contribution in [3.8, 4) is 11.8 Å². The Morgan fingerprint density at radius 2 is 1.95 bits per heavy atom. The molecule has 0 atom stereocenters. The lowest BCUT2D eigenvalue weighted by Crippen LogP contribution is -2.02. The van der Waals surface area contributed by atoms with Crippen molar-refractivity contribution in [3.63, 3.8) is 0 Å².